The number of hydrogen-bond acceptors (Lipinski definition) is 5. The van der Waals surface area contributed by atoms with Gasteiger partial charge < -0.3 is 9.47 Å². The molecule has 0 fully saturated rings. The fourth-order valence-electron chi connectivity index (χ4n) is 2.93. The normalized spacial score (nSPS) is 15.6. The molecule has 0 bridgehead atoms. The van der Waals surface area contributed by atoms with Gasteiger partial charge in [0.15, 0.2) is 0 Å². The molecule has 146 valence electrons. The maximum atomic E-state index is 12.1. The van der Waals surface area contributed by atoms with Gasteiger partial charge in [0.2, 0.25) is 18.0 Å². The predicted octanol–water partition coefficient (Wildman–Crippen LogP) is 4.66. The summed E-state index contributed by atoms with van der Waals surface area (Å²) < 4.78 is 13.1. The Labute approximate surface area is 176 Å². The fourth-order valence-corrected chi connectivity index (χ4v) is 3.19. The highest BCUT2D eigenvalue weighted by molar-refractivity contribution is 9.10. The fraction of sp³-hybridized carbons (Fsp3) is 0.136. The first kappa shape index (κ1) is 19.1. The van der Waals surface area contributed by atoms with E-state index in [9.17, 15) is 4.79 Å². The van der Waals surface area contributed by atoms with Gasteiger partial charge in [-0.1, -0.05) is 40.2 Å². The zero-order valence-electron chi connectivity index (χ0n) is 15.7. The van der Waals surface area contributed by atoms with Gasteiger partial charge in [0.1, 0.15) is 12.4 Å². The molecule has 0 saturated carbocycles. The SMILES string of the molecule is CC(=O)N1N=C(c2ccccc2OCc2ccc(Br)cc2)O[C@H]1c1ccncc1. The molecular formula is C22H18BrN3O3. The van der Waals surface area contributed by atoms with Crippen molar-refractivity contribution in [3.63, 3.8) is 0 Å². The summed E-state index contributed by atoms with van der Waals surface area (Å²) in [6.45, 7) is 1.86. The summed E-state index contributed by atoms with van der Waals surface area (Å²) in [5.41, 5.74) is 2.52. The number of pyridine rings is 1. The minimum atomic E-state index is -0.634. The topological polar surface area (TPSA) is 64.0 Å². The van der Waals surface area contributed by atoms with Gasteiger partial charge in [-0.15, -0.1) is 5.10 Å². The molecule has 0 N–H and O–H groups in total. The number of benzene rings is 2. The van der Waals surface area contributed by atoms with Crippen molar-refractivity contribution in [3.8, 4) is 5.75 Å². The molecule has 7 heteroatoms. The van der Waals surface area contributed by atoms with Gasteiger partial charge in [-0.25, -0.2) is 0 Å². The molecule has 0 unspecified atom stereocenters. The van der Waals surface area contributed by atoms with Crippen LogP contribution in [0, 0.1) is 0 Å². The molecule has 3 aromatic rings. The number of hydrogen-bond donors (Lipinski definition) is 0. The van der Waals surface area contributed by atoms with Crippen LogP contribution in [0.15, 0.2) is 82.6 Å². The first-order valence-electron chi connectivity index (χ1n) is 9.03. The maximum absolute atomic E-state index is 12.1. The molecule has 2 aromatic carbocycles. The van der Waals surface area contributed by atoms with E-state index in [2.05, 4.69) is 26.0 Å². The third kappa shape index (κ3) is 4.30. The number of nitrogens with zero attached hydrogens (tertiary/aromatic N) is 3. The molecule has 1 aliphatic rings. The Bertz CT molecular complexity index is 1040. The number of rotatable bonds is 5. The molecule has 1 amide bonds. The highest BCUT2D eigenvalue weighted by Gasteiger charge is 2.34. The molecule has 0 spiro atoms. The van der Waals surface area contributed by atoms with E-state index in [1.165, 1.54) is 11.9 Å². The Hall–Kier alpha value is -3.19. The van der Waals surface area contributed by atoms with Crippen molar-refractivity contribution >= 4 is 27.7 Å². The van der Waals surface area contributed by atoms with Crippen molar-refractivity contribution < 1.29 is 14.3 Å². The van der Waals surface area contributed by atoms with Gasteiger partial charge in [0, 0.05) is 29.4 Å². The average Bonchev–Trinajstić information content (AvgIpc) is 3.20. The third-order valence-electron chi connectivity index (χ3n) is 4.38. The molecule has 1 aromatic heterocycles. The van der Waals surface area contributed by atoms with Crippen molar-refractivity contribution in [2.75, 3.05) is 0 Å². The standard InChI is InChI=1S/C22H18BrN3O3/c1-15(27)26-22(17-10-12-24-13-11-17)29-21(25-26)19-4-2-3-5-20(19)28-14-16-6-8-18(23)9-7-16/h2-13,22H,14H2,1H3/t22-/m0/s1. The maximum Gasteiger partial charge on any atom is 0.244 e. The summed E-state index contributed by atoms with van der Waals surface area (Å²) in [5, 5.41) is 5.74. The van der Waals surface area contributed by atoms with Crippen LogP contribution in [0.4, 0.5) is 0 Å². The van der Waals surface area contributed by atoms with Gasteiger partial charge in [0.25, 0.3) is 0 Å². The summed E-state index contributed by atoms with van der Waals surface area (Å²) in [4.78, 5) is 16.1. The lowest BCUT2D eigenvalue weighted by atomic mass is 10.2. The minimum Gasteiger partial charge on any atom is -0.488 e. The number of carbonyl (C=O) groups is 1. The number of para-hydroxylation sites is 1. The van der Waals surface area contributed by atoms with Crippen LogP contribution >= 0.6 is 15.9 Å². The predicted molar refractivity (Wildman–Crippen MR) is 112 cm³/mol. The van der Waals surface area contributed by atoms with Crippen LogP contribution in [0.2, 0.25) is 0 Å². The van der Waals surface area contributed by atoms with Gasteiger partial charge in [-0.2, -0.15) is 5.01 Å². The summed E-state index contributed by atoms with van der Waals surface area (Å²) >= 11 is 3.43. The van der Waals surface area contributed by atoms with Crippen LogP contribution in [0.3, 0.4) is 0 Å². The summed E-state index contributed by atoms with van der Waals surface area (Å²) in [5.74, 6) is 0.761. The molecule has 0 saturated heterocycles. The molecular weight excluding hydrogens is 434 g/mol. The third-order valence-corrected chi connectivity index (χ3v) is 4.91. The van der Waals surface area contributed by atoms with Crippen molar-refractivity contribution in [1.29, 1.82) is 0 Å². The van der Waals surface area contributed by atoms with Crippen LogP contribution in [0.5, 0.6) is 5.75 Å². The minimum absolute atomic E-state index is 0.213. The molecule has 6 nitrogen and oxygen atoms in total. The van der Waals surface area contributed by atoms with E-state index in [-0.39, 0.29) is 5.91 Å². The Balaban J connectivity index is 1.59. The molecule has 1 atom stereocenters. The van der Waals surface area contributed by atoms with Crippen LogP contribution in [-0.2, 0) is 16.1 Å². The van der Waals surface area contributed by atoms with Crippen molar-refractivity contribution in [2.45, 2.75) is 19.8 Å². The number of aromatic nitrogens is 1. The summed E-state index contributed by atoms with van der Waals surface area (Å²) in [7, 11) is 0. The highest BCUT2D eigenvalue weighted by atomic mass is 79.9. The number of ether oxygens (including phenoxy) is 2. The summed E-state index contributed by atoms with van der Waals surface area (Å²) in [6, 6.07) is 19.0. The van der Waals surface area contributed by atoms with Crippen LogP contribution in [0.25, 0.3) is 0 Å². The van der Waals surface area contributed by atoms with Crippen molar-refractivity contribution in [3.05, 3.63) is 94.2 Å². The van der Waals surface area contributed by atoms with E-state index in [0.717, 1.165) is 15.6 Å². The van der Waals surface area contributed by atoms with E-state index in [0.29, 0.717) is 23.8 Å². The smallest absolute Gasteiger partial charge is 0.244 e. The van der Waals surface area contributed by atoms with E-state index < -0.39 is 6.23 Å². The Morgan fingerprint density at radius 2 is 1.83 bits per heavy atom. The zero-order valence-corrected chi connectivity index (χ0v) is 17.2. The molecule has 29 heavy (non-hydrogen) atoms. The van der Waals surface area contributed by atoms with Gasteiger partial charge in [0.05, 0.1) is 5.56 Å². The van der Waals surface area contributed by atoms with Crippen LogP contribution in [0.1, 0.15) is 29.8 Å². The van der Waals surface area contributed by atoms with E-state index in [4.69, 9.17) is 9.47 Å². The second-order valence-electron chi connectivity index (χ2n) is 6.43. The number of halogens is 1. The first-order chi connectivity index (χ1) is 14.1. The quantitative estimate of drug-likeness (QED) is 0.565. The molecule has 0 radical (unpaired) electrons. The Kier molecular flexibility index (Phi) is 5.57. The Morgan fingerprint density at radius 3 is 2.55 bits per heavy atom. The van der Waals surface area contributed by atoms with Crippen molar-refractivity contribution in [1.82, 2.24) is 9.99 Å². The van der Waals surface area contributed by atoms with Gasteiger partial charge >= 0.3 is 0 Å². The lowest BCUT2D eigenvalue weighted by Gasteiger charge is -2.19. The Morgan fingerprint density at radius 1 is 1.10 bits per heavy atom. The lowest BCUT2D eigenvalue weighted by Crippen LogP contribution is -2.25. The largest absolute Gasteiger partial charge is 0.488 e. The van der Waals surface area contributed by atoms with E-state index >= 15 is 0 Å². The lowest BCUT2D eigenvalue weighted by molar-refractivity contribution is -0.135. The van der Waals surface area contributed by atoms with E-state index in [1.54, 1.807) is 24.5 Å². The molecule has 0 aliphatic carbocycles. The zero-order chi connectivity index (χ0) is 20.2. The van der Waals surface area contributed by atoms with E-state index in [1.807, 2.05) is 48.5 Å². The number of hydrazone groups is 1. The monoisotopic (exact) mass is 451 g/mol. The molecule has 4 rings (SSSR count). The number of amides is 1. The van der Waals surface area contributed by atoms with Crippen LogP contribution < -0.4 is 4.74 Å². The summed E-state index contributed by atoms with van der Waals surface area (Å²) in [6.07, 6.45) is 2.68. The van der Waals surface area contributed by atoms with Crippen LogP contribution in [-0.4, -0.2) is 21.8 Å². The van der Waals surface area contributed by atoms with Crippen molar-refractivity contribution in [2.24, 2.45) is 5.10 Å². The molecule has 2 heterocycles. The number of carbonyl (C=O) groups excluding carboxylic acids is 1. The second-order valence-corrected chi connectivity index (χ2v) is 7.35. The first-order valence-corrected chi connectivity index (χ1v) is 9.83. The molecule has 1 aliphatic heterocycles. The second kappa shape index (κ2) is 8.45. The average molecular weight is 452 g/mol. The van der Waals surface area contributed by atoms with Gasteiger partial charge in [-0.3, -0.25) is 9.78 Å². The highest BCUT2D eigenvalue weighted by Crippen LogP contribution is 2.32. The van der Waals surface area contributed by atoms with Gasteiger partial charge in [-0.05, 0) is 42.0 Å².